The molecule has 0 amide bonds. The Labute approximate surface area is 149 Å². The molecule has 25 heavy (non-hydrogen) atoms. The van der Waals surface area contributed by atoms with E-state index in [1.807, 2.05) is 23.1 Å². The van der Waals surface area contributed by atoms with Gasteiger partial charge >= 0.3 is 0 Å². The molecular weight excluding hydrogens is 312 g/mol. The molecule has 5 heteroatoms. The topological polar surface area (TPSA) is 53.3 Å². The summed E-state index contributed by atoms with van der Waals surface area (Å²) < 4.78 is 1.98. The SMILES string of the molecule is O[C@@H]1CC(Cn2cccn2)C[C@H]1NC1CCN(c2ccccc2)CC1. The monoisotopic (exact) mass is 340 g/mol. The highest BCUT2D eigenvalue weighted by Gasteiger charge is 2.34. The van der Waals surface area contributed by atoms with Crippen LogP contribution in [0.1, 0.15) is 25.7 Å². The Morgan fingerprint density at radius 1 is 1.08 bits per heavy atom. The van der Waals surface area contributed by atoms with Gasteiger partial charge in [-0.15, -0.1) is 0 Å². The first-order chi connectivity index (χ1) is 12.3. The van der Waals surface area contributed by atoms with E-state index in [4.69, 9.17) is 0 Å². The van der Waals surface area contributed by atoms with E-state index in [0.717, 1.165) is 45.3 Å². The molecular formula is C20H28N4O. The molecule has 1 aliphatic heterocycles. The molecule has 1 aromatic carbocycles. The molecule has 0 radical (unpaired) electrons. The minimum atomic E-state index is -0.229. The first kappa shape index (κ1) is 16.6. The first-order valence-electron chi connectivity index (χ1n) is 9.49. The number of hydrogen-bond acceptors (Lipinski definition) is 4. The number of aliphatic hydroxyl groups is 1. The minimum Gasteiger partial charge on any atom is -0.391 e. The van der Waals surface area contributed by atoms with Crippen molar-refractivity contribution in [3.8, 4) is 0 Å². The number of rotatable bonds is 5. The van der Waals surface area contributed by atoms with E-state index in [0.29, 0.717) is 12.0 Å². The molecule has 5 nitrogen and oxygen atoms in total. The molecule has 1 saturated heterocycles. The highest BCUT2D eigenvalue weighted by Crippen LogP contribution is 2.29. The molecule has 1 saturated carbocycles. The van der Waals surface area contributed by atoms with Crippen molar-refractivity contribution in [2.75, 3.05) is 18.0 Å². The van der Waals surface area contributed by atoms with Gasteiger partial charge in [0.15, 0.2) is 0 Å². The van der Waals surface area contributed by atoms with Crippen LogP contribution in [0.3, 0.4) is 0 Å². The van der Waals surface area contributed by atoms with Gasteiger partial charge in [0.05, 0.1) is 6.10 Å². The largest absolute Gasteiger partial charge is 0.391 e. The van der Waals surface area contributed by atoms with E-state index in [1.54, 1.807) is 0 Å². The fraction of sp³-hybridized carbons (Fsp3) is 0.550. The van der Waals surface area contributed by atoms with Crippen molar-refractivity contribution in [2.45, 2.75) is 50.4 Å². The summed E-state index contributed by atoms with van der Waals surface area (Å²) in [6.45, 7) is 3.08. The average Bonchev–Trinajstić information content (AvgIpc) is 3.27. The Morgan fingerprint density at radius 2 is 1.88 bits per heavy atom. The zero-order chi connectivity index (χ0) is 17.1. The molecule has 3 atom stereocenters. The van der Waals surface area contributed by atoms with Gasteiger partial charge in [-0.05, 0) is 49.8 Å². The number of benzene rings is 1. The second-order valence-electron chi connectivity index (χ2n) is 7.50. The maximum Gasteiger partial charge on any atom is 0.0696 e. The first-order valence-corrected chi connectivity index (χ1v) is 9.49. The van der Waals surface area contributed by atoms with Gasteiger partial charge in [-0.3, -0.25) is 4.68 Å². The van der Waals surface area contributed by atoms with Gasteiger partial charge in [-0.2, -0.15) is 5.10 Å². The third-order valence-electron chi connectivity index (χ3n) is 5.70. The Hall–Kier alpha value is -1.85. The maximum atomic E-state index is 10.4. The van der Waals surface area contributed by atoms with Crippen LogP contribution in [0, 0.1) is 5.92 Å². The summed E-state index contributed by atoms with van der Waals surface area (Å²) in [5.41, 5.74) is 1.32. The molecule has 2 aromatic rings. The third kappa shape index (κ3) is 4.05. The summed E-state index contributed by atoms with van der Waals surface area (Å²) in [6.07, 6.45) is 7.80. The predicted molar refractivity (Wildman–Crippen MR) is 99.6 cm³/mol. The van der Waals surface area contributed by atoms with Crippen molar-refractivity contribution in [3.05, 3.63) is 48.8 Å². The molecule has 2 N–H and O–H groups in total. The molecule has 2 aliphatic rings. The normalized spacial score (nSPS) is 27.7. The molecule has 0 bridgehead atoms. The van der Waals surface area contributed by atoms with Gasteiger partial charge in [-0.1, -0.05) is 18.2 Å². The lowest BCUT2D eigenvalue weighted by Crippen LogP contribution is -2.48. The van der Waals surface area contributed by atoms with Crippen molar-refractivity contribution >= 4 is 5.69 Å². The molecule has 1 unspecified atom stereocenters. The van der Waals surface area contributed by atoms with Crippen LogP contribution in [0.2, 0.25) is 0 Å². The number of aliphatic hydroxyl groups excluding tert-OH is 1. The van der Waals surface area contributed by atoms with E-state index in [2.05, 4.69) is 45.6 Å². The van der Waals surface area contributed by atoms with Crippen molar-refractivity contribution in [1.29, 1.82) is 0 Å². The lowest BCUT2D eigenvalue weighted by atomic mass is 10.0. The number of para-hydroxylation sites is 1. The van der Waals surface area contributed by atoms with Gasteiger partial charge in [0, 0.05) is 49.8 Å². The molecule has 4 rings (SSSR count). The Balaban J connectivity index is 1.26. The van der Waals surface area contributed by atoms with Gasteiger partial charge < -0.3 is 15.3 Å². The quantitative estimate of drug-likeness (QED) is 0.877. The molecule has 134 valence electrons. The van der Waals surface area contributed by atoms with E-state index in [1.165, 1.54) is 5.69 Å². The van der Waals surface area contributed by atoms with Crippen LogP contribution in [0.25, 0.3) is 0 Å². The average molecular weight is 340 g/mol. The Morgan fingerprint density at radius 3 is 2.60 bits per heavy atom. The van der Waals surface area contributed by atoms with Crippen molar-refractivity contribution in [1.82, 2.24) is 15.1 Å². The van der Waals surface area contributed by atoms with Crippen LogP contribution < -0.4 is 10.2 Å². The maximum absolute atomic E-state index is 10.4. The fourth-order valence-corrected chi connectivity index (χ4v) is 4.37. The highest BCUT2D eigenvalue weighted by atomic mass is 16.3. The number of nitrogens with one attached hydrogen (secondary N) is 1. The number of piperidine rings is 1. The lowest BCUT2D eigenvalue weighted by molar-refractivity contribution is 0.137. The van der Waals surface area contributed by atoms with E-state index in [-0.39, 0.29) is 12.1 Å². The lowest BCUT2D eigenvalue weighted by Gasteiger charge is -2.35. The molecule has 0 spiro atoms. The minimum absolute atomic E-state index is 0.229. The summed E-state index contributed by atoms with van der Waals surface area (Å²) in [5, 5.41) is 18.5. The van der Waals surface area contributed by atoms with Gasteiger partial charge in [0.25, 0.3) is 0 Å². The predicted octanol–water partition coefficient (Wildman–Crippen LogP) is 2.28. The Kier molecular flexibility index (Phi) is 5.04. The van der Waals surface area contributed by atoms with Crippen molar-refractivity contribution < 1.29 is 5.11 Å². The summed E-state index contributed by atoms with van der Waals surface area (Å²) >= 11 is 0. The molecule has 1 aliphatic carbocycles. The standard InChI is InChI=1S/C20H28N4O/c25-20-14-16(15-24-10-4-9-21-24)13-19(20)22-17-7-11-23(12-8-17)18-5-2-1-3-6-18/h1-6,9-10,16-17,19-20,22,25H,7-8,11-15H2/t16?,19-,20-/m1/s1. The molecule has 2 heterocycles. The Bertz CT molecular complexity index is 637. The van der Waals surface area contributed by atoms with Crippen molar-refractivity contribution in [2.24, 2.45) is 5.92 Å². The van der Waals surface area contributed by atoms with Gasteiger partial charge in [-0.25, -0.2) is 0 Å². The molecule has 2 fully saturated rings. The van der Waals surface area contributed by atoms with Gasteiger partial charge in [0.2, 0.25) is 0 Å². The zero-order valence-corrected chi connectivity index (χ0v) is 14.7. The van der Waals surface area contributed by atoms with Crippen LogP contribution in [-0.4, -0.2) is 46.2 Å². The number of hydrogen-bond donors (Lipinski definition) is 2. The van der Waals surface area contributed by atoms with E-state index in [9.17, 15) is 5.11 Å². The van der Waals surface area contributed by atoms with Crippen LogP contribution in [-0.2, 0) is 6.54 Å². The zero-order valence-electron chi connectivity index (χ0n) is 14.7. The van der Waals surface area contributed by atoms with E-state index < -0.39 is 0 Å². The second kappa shape index (κ2) is 7.58. The number of aromatic nitrogens is 2. The fourth-order valence-electron chi connectivity index (χ4n) is 4.37. The van der Waals surface area contributed by atoms with Gasteiger partial charge in [0.1, 0.15) is 0 Å². The van der Waals surface area contributed by atoms with Crippen molar-refractivity contribution in [3.63, 3.8) is 0 Å². The summed E-state index contributed by atoms with van der Waals surface area (Å²) in [5.74, 6) is 0.511. The number of anilines is 1. The number of nitrogens with zero attached hydrogens (tertiary/aromatic N) is 3. The summed E-state index contributed by atoms with van der Waals surface area (Å²) in [7, 11) is 0. The summed E-state index contributed by atoms with van der Waals surface area (Å²) in [4.78, 5) is 2.46. The van der Waals surface area contributed by atoms with Crippen LogP contribution in [0.15, 0.2) is 48.8 Å². The van der Waals surface area contributed by atoms with Crippen LogP contribution in [0.4, 0.5) is 5.69 Å². The van der Waals surface area contributed by atoms with Crippen LogP contribution in [0.5, 0.6) is 0 Å². The third-order valence-corrected chi connectivity index (χ3v) is 5.70. The van der Waals surface area contributed by atoms with Crippen LogP contribution >= 0.6 is 0 Å². The second-order valence-corrected chi connectivity index (χ2v) is 7.50. The summed E-state index contributed by atoms with van der Waals surface area (Å²) in [6, 6.07) is 13.4. The smallest absolute Gasteiger partial charge is 0.0696 e. The molecule has 1 aromatic heterocycles. The highest BCUT2D eigenvalue weighted by molar-refractivity contribution is 5.46. The van der Waals surface area contributed by atoms with E-state index >= 15 is 0 Å².